The van der Waals surface area contributed by atoms with Crippen LogP contribution in [0.5, 0.6) is 0 Å². The summed E-state index contributed by atoms with van der Waals surface area (Å²) in [6.45, 7) is 5.83. The van der Waals surface area contributed by atoms with Crippen LogP contribution in [0.25, 0.3) is 0 Å². The lowest BCUT2D eigenvalue weighted by Crippen LogP contribution is -2.31. The van der Waals surface area contributed by atoms with Gasteiger partial charge in [0.1, 0.15) is 11.6 Å². The van der Waals surface area contributed by atoms with Gasteiger partial charge in [-0.2, -0.15) is 0 Å². The van der Waals surface area contributed by atoms with E-state index in [0.29, 0.717) is 11.5 Å². The number of nitrogens with zero attached hydrogens (tertiary/aromatic N) is 1. The number of nitrogens with two attached hydrogens (primary N) is 1. The first-order valence-corrected chi connectivity index (χ1v) is 6.43. The third-order valence-electron chi connectivity index (χ3n) is 3.91. The van der Waals surface area contributed by atoms with Gasteiger partial charge in [0, 0.05) is 24.7 Å². The Bertz CT molecular complexity index is 400. The van der Waals surface area contributed by atoms with E-state index in [1.807, 2.05) is 13.8 Å². The van der Waals surface area contributed by atoms with Crippen molar-refractivity contribution in [2.75, 3.05) is 13.1 Å². The predicted octanol–water partition coefficient (Wildman–Crippen LogP) is 2.69. The SMILES string of the molecule is CC(N)C1CCN(C(C)c2cc(F)cc(F)c2)C1. The van der Waals surface area contributed by atoms with Crippen LogP contribution in [-0.4, -0.2) is 24.0 Å². The Labute approximate surface area is 107 Å². The van der Waals surface area contributed by atoms with E-state index in [2.05, 4.69) is 4.90 Å². The predicted molar refractivity (Wildman–Crippen MR) is 68.1 cm³/mol. The Kier molecular flexibility index (Phi) is 3.97. The van der Waals surface area contributed by atoms with Gasteiger partial charge >= 0.3 is 0 Å². The standard InChI is InChI=1S/C14H20F2N2/c1-9(17)11-3-4-18(8-11)10(2)12-5-13(15)7-14(16)6-12/h5-7,9-11H,3-4,8,17H2,1-2H3. The largest absolute Gasteiger partial charge is 0.328 e. The van der Waals surface area contributed by atoms with Crippen molar-refractivity contribution in [2.24, 2.45) is 11.7 Å². The molecule has 3 unspecified atom stereocenters. The van der Waals surface area contributed by atoms with E-state index >= 15 is 0 Å². The molecule has 0 aliphatic carbocycles. The molecule has 0 saturated carbocycles. The van der Waals surface area contributed by atoms with Crippen molar-refractivity contribution in [1.29, 1.82) is 0 Å². The minimum atomic E-state index is -0.514. The molecule has 2 nitrogen and oxygen atoms in total. The van der Waals surface area contributed by atoms with Gasteiger partial charge in [0.25, 0.3) is 0 Å². The summed E-state index contributed by atoms with van der Waals surface area (Å²) in [6, 6.07) is 3.93. The zero-order chi connectivity index (χ0) is 13.3. The van der Waals surface area contributed by atoms with Crippen molar-refractivity contribution < 1.29 is 8.78 Å². The summed E-state index contributed by atoms with van der Waals surface area (Å²) in [4.78, 5) is 2.24. The quantitative estimate of drug-likeness (QED) is 0.898. The van der Waals surface area contributed by atoms with Gasteiger partial charge in [-0.3, -0.25) is 4.90 Å². The molecule has 18 heavy (non-hydrogen) atoms. The molecule has 0 radical (unpaired) electrons. The average Bonchev–Trinajstić information content (AvgIpc) is 2.75. The maximum absolute atomic E-state index is 13.2. The third kappa shape index (κ3) is 2.87. The number of hydrogen-bond acceptors (Lipinski definition) is 2. The molecule has 0 amide bonds. The molecule has 0 aromatic heterocycles. The highest BCUT2D eigenvalue weighted by Crippen LogP contribution is 2.29. The van der Waals surface area contributed by atoms with Gasteiger partial charge < -0.3 is 5.73 Å². The Morgan fingerprint density at radius 2 is 1.83 bits per heavy atom. The molecule has 1 saturated heterocycles. The van der Waals surface area contributed by atoms with Crippen molar-refractivity contribution in [1.82, 2.24) is 4.90 Å². The van der Waals surface area contributed by atoms with Crippen molar-refractivity contribution in [3.05, 3.63) is 35.4 Å². The van der Waals surface area contributed by atoms with Crippen molar-refractivity contribution in [3.8, 4) is 0 Å². The maximum atomic E-state index is 13.2. The molecule has 1 aromatic rings. The highest BCUT2D eigenvalue weighted by atomic mass is 19.1. The maximum Gasteiger partial charge on any atom is 0.126 e. The normalized spacial score (nSPS) is 24.2. The molecule has 0 spiro atoms. The number of likely N-dealkylation sites (tertiary alicyclic amines) is 1. The first kappa shape index (κ1) is 13.4. The van der Waals surface area contributed by atoms with Gasteiger partial charge in [-0.15, -0.1) is 0 Å². The molecule has 100 valence electrons. The van der Waals surface area contributed by atoms with E-state index in [0.717, 1.165) is 25.6 Å². The summed E-state index contributed by atoms with van der Waals surface area (Å²) in [6.07, 6.45) is 1.06. The third-order valence-corrected chi connectivity index (χ3v) is 3.91. The Balaban J connectivity index is 2.10. The Morgan fingerprint density at radius 1 is 1.22 bits per heavy atom. The lowest BCUT2D eigenvalue weighted by atomic mass is 10.0. The van der Waals surface area contributed by atoms with Crippen LogP contribution in [0.2, 0.25) is 0 Å². The van der Waals surface area contributed by atoms with E-state index in [1.54, 1.807) is 0 Å². The van der Waals surface area contributed by atoms with Crippen molar-refractivity contribution in [3.63, 3.8) is 0 Å². The molecule has 1 aliphatic rings. The minimum absolute atomic E-state index is 0.0268. The average molecular weight is 254 g/mol. The van der Waals surface area contributed by atoms with E-state index < -0.39 is 11.6 Å². The zero-order valence-corrected chi connectivity index (χ0v) is 10.9. The van der Waals surface area contributed by atoms with Gasteiger partial charge in [-0.25, -0.2) is 8.78 Å². The first-order chi connectivity index (χ1) is 8.47. The van der Waals surface area contributed by atoms with Gasteiger partial charge in [0.15, 0.2) is 0 Å². The topological polar surface area (TPSA) is 29.3 Å². The lowest BCUT2D eigenvalue weighted by Gasteiger charge is -2.25. The second kappa shape index (κ2) is 5.33. The molecule has 1 heterocycles. The van der Waals surface area contributed by atoms with E-state index in [4.69, 9.17) is 5.73 Å². The molecule has 3 atom stereocenters. The summed E-state index contributed by atoms with van der Waals surface area (Å²) >= 11 is 0. The van der Waals surface area contributed by atoms with Gasteiger partial charge in [-0.05, 0) is 50.4 Å². The Morgan fingerprint density at radius 3 is 2.33 bits per heavy atom. The van der Waals surface area contributed by atoms with Gasteiger partial charge in [0.2, 0.25) is 0 Å². The molecule has 1 fully saturated rings. The van der Waals surface area contributed by atoms with Gasteiger partial charge in [0.05, 0.1) is 0 Å². The van der Waals surface area contributed by atoms with E-state index in [-0.39, 0.29) is 12.1 Å². The van der Waals surface area contributed by atoms with Crippen LogP contribution < -0.4 is 5.73 Å². The smallest absolute Gasteiger partial charge is 0.126 e. The fourth-order valence-corrected chi connectivity index (χ4v) is 2.62. The minimum Gasteiger partial charge on any atom is -0.328 e. The monoisotopic (exact) mass is 254 g/mol. The van der Waals surface area contributed by atoms with Crippen LogP contribution >= 0.6 is 0 Å². The van der Waals surface area contributed by atoms with Crippen LogP contribution in [0.4, 0.5) is 8.78 Å². The van der Waals surface area contributed by atoms with Crippen molar-refractivity contribution >= 4 is 0 Å². The number of rotatable bonds is 3. The fraction of sp³-hybridized carbons (Fsp3) is 0.571. The number of benzene rings is 1. The van der Waals surface area contributed by atoms with E-state index in [1.165, 1.54) is 12.1 Å². The van der Waals surface area contributed by atoms with Crippen molar-refractivity contribution in [2.45, 2.75) is 32.4 Å². The highest BCUT2D eigenvalue weighted by molar-refractivity contribution is 5.21. The zero-order valence-electron chi connectivity index (χ0n) is 10.9. The summed E-state index contributed by atoms with van der Waals surface area (Å²) < 4.78 is 26.4. The highest BCUT2D eigenvalue weighted by Gasteiger charge is 2.28. The van der Waals surface area contributed by atoms with E-state index in [9.17, 15) is 8.78 Å². The molecule has 2 rings (SSSR count). The summed E-state index contributed by atoms with van der Waals surface area (Å²) in [5.74, 6) is -0.551. The Hall–Kier alpha value is -1.00. The first-order valence-electron chi connectivity index (χ1n) is 6.43. The molecule has 4 heteroatoms. The number of hydrogen-bond donors (Lipinski definition) is 1. The van der Waals surface area contributed by atoms with Crippen LogP contribution in [-0.2, 0) is 0 Å². The second-order valence-corrected chi connectivity index (χ2v) is 5.28. The molecular weight excluding hydrogens is 234 g/mol. The fourth-order valence-electron chi connectivity index (χ4n) is 2.62. The molecule has 1 aliphatic heterocycles. The molecule has 0 bridgehead atoms. The molecule has 1 aromatic carbocycles. The van der Waals surface area contributed by atoms with Crippen LogP contribution in [0, 0.1) is 17.6 Å². The number of halogens is 2. The van der Waals surface area contributed by atoms with Crippen LogP contribution in [0.3, 0.4) is 0 Å². The van der Waals surface area contributed by atoms with Crippen LogP contribution in [0.1, 0.15) is 31.9 Å². The molecular formula is C14H20F2N2. The summed E-state index contributed by atoms with van der Waals surface area (Å²) in [7, 11) is 0. The second-order valence-electron chi connectivity index (χ2n) is 5.28. The summed E-state index contributed by atoms with van der Waals surface area (Å²) in [5, 5.41) is 0. The summed E-state index contributed by atoms with van der Waals surface area (Å²) in [5.41, 5.74) is 6.59. The molecule has 2 N–H and O–H groups in total. The lowest BCUT2D eigenvalue weighted by molar-refractivity contribution is 0.247. The van der Waals surface area contributed by atoms with Gasteiger partial charge in [-0.1, -0.05) is 0 Å². The van der Waals surface area contributed by atoms with Crippen LogP contribution in [0.15, 0.2) is 18.2 Å².